The summed E-state index contributed by atoms with van der Waals surface area (Å²) in [4.78, 5) is 4.18. The van der Waals surface area contributed by atoms with Crippen molar-refractivity contribution in [1.29, 1.82) is 0 Å². The highest BCUT2D eigenvalue weighted by Gasteiger charge is 2.18. The van der Waals surface area contributed by atoms with Crippen LogP contribution in [0.25, 0.3) is 0 Å². The lowest BCUT2D eigenvalue weighted by Gasteiger charge is -2.20. The van der Waals surface area contributed by atoms with E-state index < -0.39 is 17.7 Å². The van der Waals surface area contributed by atoms with Gasteiger partial charge in [-0.1, -0.05) is 6.07 Å². The quantitative estimate of drug-likeness (QED) is 0.911. The monoisotopic (exact) mass is 268 g/mol. The van der Waals surface area contributed by atoms with E-state index in [1.54, 1.807) is 12.4 Å². The summed E-state index contributed by atoms with van der Waals surface area (Å²) in [5, 5.41) is 5.06. The molecule has 0 fully saturated rings. The molecule has 0 aliphatic heterocycles. The lowest BCUT2D eigenvalue weighted by Crippen LogP contribution is -2.24. The standard InChI is InChI=1S/C13H14F2N2S/c1-8(12-6-18-7-16-12)17-9(2)13-10(14)4-3-5-11(13)15/h3-9,17H,1-2H3. The predicted octanol–water partition coefficient (Wildman–Crippen LogP) is 3.83. The van der Waals surface area contributed by atoms with E-state index in [1.807, 2.05) is 12.3 Å². The Morgan fingerprint density at radius 3 is 2.39 bits per heavy atom. The summed E-state index contributed by atoms with van der Waals surface area (Å²) in [5.74, 6) is -1.05. The fourth-order valence-corrected chi connectivity index (χ4v) is 2.55. The van der Waals surface area contributed by atoms with Gasteiger partial charge in [0.25, 0.3) is 0 Å². The molecule has 1 heterocycles. The highest BCUT2D eigenvalue weighted by molar-refractivity contribution is 7.07. The Bertz CT molecular complexity index is 493. The van der Waals surface area contributed by atoms with Crippen molar-refractivity contribution in [2.75, 3.05) is 0 Å². The predicted molar refractivity (Wildman–Crippen MR) is 68.4 cm³/mol. The first-order chi connectivity index (χ1) is 8.59. The van der Waals surface area contributed by atoms with Gasteiger partial charge in [-0.25, -0.2) is 13.8 Å². The topological polar surface area (TPSA) is 24.9 Å². The number of hydrogen-bond acceptors (Lipinski definition) is 3. The third-order valence-electron chi connectivity index (χ3n) is 2.83. The van der Waals surface area contributed by atoms with E-state index in [-0.39, 0.29) is 11.6 Å². The zero-order chi connectivity index (χ0) is 13.1. The van der Waals surface area contributed by atoms with Gasteiger partial charge in [-0.3, -0.25) is 0 Å². The molecule has 0 spiro atoms. The van der Waals surface area contributed by atoms with Crippen molar-refractivity contribution in [3.63, 3.8) is 0 Å². The second-order valence-corrected chi connectivity index (χ2v) is 4.88. The lowest BCUT2D eigenvalue weighted by atomic mass is 10.1. The molecule has 2 atom stereocenters. The minimum atomic E-state index is -0.527. The van der Waals surface area contributed by atoms with Gasteiger partial charge < -0.3 is 5.32 Å². The number of benzene rings is 1. The van der Waals surface area contributed by atoms with Gasteiger partial charge in [0.15, 0.2) is 0 Å². The summed E-state index contributed by atoms with van der Waals surface area (Å²) in [6.07, 6.45) is 0. The highest BCUT2D eigenvalue weighted by atomic mass is 32.1. The van der Waals surface area contributed by atoms with E-state index in [1.165, 1.54) is 29.5 Å². The molecule has 0 aliphatic carbocycles. The summed E-state index contributed by atoms with van der Waals surface area (Å²) >= 11 is 1.50. The second kappa shape index (κ2) is 5.54. The molecular weight excluding hydrogens is 254 g/mol. The zero-order valence-electron chi connectivity index (χ0n) is 10.2. The molecule has 1 N–H and O–H groups in total. The number of halogens is 2. The molecule has 0 radical (unpaired) electrons. The van der Waals surface area contributed by atoms with Gasteiger partial charge >= 0.3 is 0 Å². The smallest absolute Gasteiger partial charge is 0.130 e. The molecule has 0 bridgehead atoms. The second-order valence-electron chi connectivity index (χ2n) is 4.16. The van der Waals surface area contributed by atoms with E-state index in [0.29, 0.717) is 0 Å². The van der Waals surface area contributed by atoms with E-state index in [2.05, 4.69) is 10.3 Å². The van der Waals surface area contributed by atoms with Gasteiger partial charge in [0.2, 0.25) is 0 Å². The molecule has 96 valence electrons. The molecule has 5 heteroatoms. The number of nitrogens with zero attached hydrogens (tertiary/aromatic N) is 1. The molecule has 2 rings (SSSR count). The molecule has 2 aromatic rings. The summed E-state index contributed by atoms with van der Waals surface area (Å²) in [5.41, 5.74) is 2.69. The molecule has 1 aromatic carbocycles. The van der Waals surface area contributed by atoms with E-state index in [9.17, 15) is 8.78 Å². The SMILES string of the molecule is CC(NC(C)c1c(F)cccc1F)c1cscn1. The molecule has 0 amide bonds. The molecule has 1 aromatic heterocycles. The van der Waals surface area contributed by atoms with Crippen LogP contribution < -0.4 is 5.32 Å². The maximum Gasteiger partial charge on any atom is 0.130 e. The van der Waals surface area contributed by atoms with Crippen LogP contribution >= 0.6 is 11.3 Å². The fourth-order valence-electron chi connectivity index (χ4n) is 1.90. The number of aromatic nitrogens is 1. The van der Waals surface area contributed by atoms with Crippen molar-refractivity contribution in [1.82, 2.24) is 10.3 Å². The molecule has 0 saturated carbocycles. The number of rotatable bonds is 4. The summed E-state index contributed by atoms with van der Waals surface area (Å²) in [7, 11) is 0. The van der Waals surface area contributed by atoms with Crippen LogP contribution in [0.3, 0.4) is 0 Å². The van der Waals surface area contributed by atoms with Crippen LogP contribution in [0.5, 0.6) is 0 Å². The van der Waals surface area contributed by atoms with E-state index in [0.717, 1.165) is 5.69 Å². The fraction of sp³-hybridized carbons (Fsp3) is 0.308. The van der Waals surface area contributed by atoms with Crippen LogP contribution in [0, 0.1) is 11.6 Å². The van der Waals surface area contributed by atoms with Crippen LogP contribution in [0.4, 0.5) is 8.78 Å². The first-order valence-corrected chi connectivity index (χ1v) is 6.62. The summed E-state index contributed by atoms with van der Waals surface area (Å²) in [6.45, 7) is 3.66. The van der Waals surface area contributed by atoms with Gasteiger partial charge in [-0.05, 0) is 26.0 Å². The van der Waals surface area contributed by atoms with Gasteiger partial charge in [0, 0.05) is 23.0 Å². The lowest BCUT2D eigenvalue weighted by molar-refractivity contribution is 0.446. The normalized spacial score (nSPS) is 14.4. The summed E-state index contributed by atoms with van der Waals surface area (Å²) in [6, 6.07) is 3.44. The minimum absolute atomic E-state index is 0.0507. The maximum atomic E-state index is 13.6. The number of nitrogens with one attached hydrogen (secondary N) is 1. The van der Waals surface area contributed by atoms with Crippen molar-refractivity contribution in [3.05, 3.63) is 52.0 Å². The molecule has 0 saturated heterocycles. The van der Waals surface area contributed by atoms with E-state index in [4.69, 9.17) is 0 Å². The Balaban J connectivity index is 2.15. The van der Waals surface area contributed by atoms with Gasteiger partial charge in [0.1, 0.15) is 11.6 Å². The van der Waals surface area contributed by atoms with Crippen LogP contribution in [-0.2, 0) is 0 Å². The van der Waals surface area contributed by atoms with Crippen LogP contribution in [0.1, 0.15) is 37.2 Å². The third-order valence-corrected chi connectivity index (χ3v) is 3.43. The van der Waals surface area contributed by atoms with Crippen LogP contribution in [-0.4, -0.2) is 4.98 Å². The molecular formula is C13H14F2N2S. The molecule has 2 nitrogen and oxygen atoms in total. The van der Waals surface area contributed by atoms with Crippen molar-refractivity contribution < 1.29 is 8.78 Å². The number of hydrogen-bond donors (Lipinski definition) is 1. The van der Waals surface area contributed by atoms with Crippen molar-refractivity contribution in [2.45, 2.75) is 25.9 Å². The zero-order valence-corrected chi connectivity index (χ0v) is 11.0. The first kappa shape index (κ1) is 13.1. The van der Waals surface area contributed by atoms with Crippen molar-refractivity contribution in [3.8, 4) is 0 Å². The van der Waals surface area contributed by atoms with Crippen molar-refractivity contribution >= 4 is 11.3 Å². The van der Waals surface area contributed by atoms with E-state index >= 15 is 0 Å². The Morgan fingerprint density at radius 1 is 1.17 bits per heavy atom. The molecule has 2 unspecified atom stereocenters. The third kappa shape index (κ3) is 2.73. The Hall–Kier alpha value is -1.33. The maximum absolute atomic E-state index is 13.6. The Morgan fingerprint density at radius 2 is 1.83 bits per heavy atom. The number of thiazole rings is 1. The van der Waals surface area contributed by atoms with Gasteiger partial charge in [-0.2, -0.15) is 0 Å². The largest absolute Gasteiger partial charge is 0.302 e. The van der Waals surface area contributed by atoms with Gasteiger partial charge in [0.05, 0.1) is 11.2 Å². The average molecular weight is 268 g/mol. The Kier molecular flexibility index (Phi) is 4.04. The van der Waals surface area contributed by atoms with Crippen LogP contribution in [0.15, 0.2) is 29.1 Å². The van der Waals surface area contributed by atoms with Crippen LogP contribution in [0.2, 0.25) is 0 Å². The molecule has 18 heavy (non-hydrogen) atoms. The van der Waals surface area contributed by atoms with Gasteiger partial charge in [-0.15, -0.1) is 11.3 Å². The van der Waals surface area contributed by atoms with Crippen molar-refractivity contribution in [2.24, 2.45) is 0 Å². The summed E-state index contributed by atoms with van der Waals surface area (Å²) < 4.78 is 27.2. The molecule has 0 aliphatic rings. The highest BCUT2D eigenvalue weighted by Crippen LogP contribution is 2.23. The minimum Gasteiger partial charge on any atom is -0.302 e. The first-order valence-electron chi connectivity index (χ1n) is 5.67. The average Bonchev–Trinajstić information content (AvgIpc) is 2.81. The Labute approximate surface area is 109 Å².